The molecule has 2 aromatic carbocycles. The van der Waals surface area contributed by atoms with Crippen molar-refractivity contribution in [1.82, 2.24) is 15.3 Å². The molecule has 0 aliphatic rings. The molecule has 4 rings (SSSR count). The van der Waals surface area contributed by atoms with Crippen molar-refractivity contribution in [3.05, 3.63) is 89.6 Å². The van der Waals surface area contributed by atoms with Crippen LogP contribution in [0.15, 0.2) is 78.4 Å². The normalized spacial score (nSPS) is 10.5. The average molecular weight is 473 g/mol. The Kier molecular flexibility index (Phi) is 7.62. The summed E-state index contributed by atoms with van der Waals surface area (Å²) >= 11 is 1.38. The molecule has 7 nitrogen and oxygen atoms in total. The van der Waals surface area contributed by atoms with E-state index in [2.05, 4.69) is 32.7 Å². The van der Waals surface area contributed by atoms with E-state index < -0.39 is 0 Å². The van der Waals surface area contributed by atoms with E-state index in [9.17, 15) is 9.59 Å². The lowest BCUT2D eigenvalue weighted by atomic mass is 10.1. The van der Waals surface area contributed by atoms with Gasteiger partial charge in [-0.15, -0.1) is 11.3 Å². The van der Waals surface area contributed by atoms with Gasteiger partial charge in [0.05, 0.1) is 11.9 Å². The van der Waals surface area contributed by atoms with Crippen LogP contribution in [0.25, 0.3) is 11.3 Å². The van der Waals surface area contributed by atoms with Crippen LogP contribution in [-0.4, -0.2) is 28.3 Å². The van der Waals surface area contributed by atoms with Gasteiger partial charge >= 0.3 is 0 Å². The predicted molar refractivity (Wildman–Crippen MR) is 133 cm³/mol. The summed E-state index contributed by atoms with van der Waals surface area (Å²) in [5.74, 6) is 1.02. The van der Waals surface area contributed by atoms with Crippen LogP contribution in [0.3, 0.4) is 0 Å². The third kappa shape index (κ3) is 6.49. The number of aryl methyl sites for hydroxylation is 1. The summed E-state index contributed by atoms with van der Waals surface area (Å²) in [7, 11) is 0. The van der Waals surface area contributed by atoms with Gasteiger partial charge < -0.3 is 10.1 Å². The van der Waals surface area contributed by atoms with E-state index in [0.717, 1.165) is 24.1 Å². The van der Waals surface area contributed by atoms with Crippen molar-refractivity contribution in [3.8, 4) is 22.8 Å². The zero-order valence-electron chi connectivity index (χ0n) is 18.7. The summed E-state index contributed by atoms with van der Waals surface area (Å²) in [6, 6.07) is 18.7. The van der Waals surface area contributed by atoms with Gasteiger partial charge in [-0.25, -0.2) is 4.98 Å². The molecule has 2 heterocycles. The maximum atomic E-state index is 12.6. The molecule has 0 spiro atoms. The third-order valence-electron chi connectivity index (χ3n) is 4.98. The number of carbonyl (C=O) groups excluding carboxylic acids is 2. The lowest BCUT2D eigenvalue weighted by Crippen LogP contribution is -2.21. The summed E-state index contributed by atoms with van der Waals surface area (Å²) in [4.78, 5) is 32.1. The Hall–Kier alpha value is -4.04. The van der Waals surface area contributed by atoms with Crippen LogP contribution in [0.4, 0.5) is 5.13 Å². The highest BCUT2D eigenvalue weighted by Gasteiger charge is 2.11. The predicted octanol–water partition coefficient (Wildman–Crippen LogP) is 5.32. The van der Waals surface area contributed by atoms with Crippen molar-refractivity contribution in [3.63, 3.8) is 0 Å². The molecule has 0 unspecified atom stereocenters. The van der Waals surface area contributed by atoms with Gasteiger partial charge in [0.2, 0.25) is 5.91 Å². The molecule has 2 aromatic heterocycles. The number of thiazole rings is 1. The molecule has 0 saturated carbocycles. The molecule has 2 N–H and O–H groups in total. The Labute approximate surface area is 201 Å². The van der Waals surface area contributed by atoms with Gasteiger partial charge in [-0.3, -0.25) is 19.9 Å². The first-order valence-corrected chi connectivity index (χ1v) is 11.7. The first kappa shape index (κ1) is 23.1. The molecule has 0 atom stereocenters. The summed E-state index contributed by atoms with van der Waals surface area (Å²) in [6.07, 6.45) is 5.09. The van der Waals surface area contributed by atoms with Crippen LogP contribution in [0.1, 0.15) is 29.3 Å². The van der Waals surface area contributed by atoms with Crippen LogP contribution in [0, 0.1) is 0 Å². The largest absolute Gasteiger partial charge is 0.456 e. The fraction of sp³-hybridized carbons (Fsp3) is 0.154. The fourth-order valence-electron chi connectivity index (χ4n) is 3.25. The number of pyridine rings is 1. The smallest absolute Gasteiger partial charge is 0.257 e. The molecule has 0 saturated heterocycles. The SMILES string of the molecule is CC(=O)NCCCc1ccc(-c2csc(NC(=O)c3ccc(Oc4cccnc4)cc3)n2)cc1. The van der Waals surface area contributed by atoms with Crippen molar-refractivity contribution in [1.29, 1.82) is 0 Å². The number of anilines is 1. The average Bonchev–Trinajstić information content (AvgIpc) is 3.31. The lowest BCUT2D eigenvalue weighted by molar-refractivity contribution is -0.118. The number of rotatable bonds is 9. The fourth-order valence-corrected chi connectivity index (χ4v) is 3.96. The molecule has 4 aromatic rings. The van der Waals surface area contributed by atoms with E-state index in [-0.39, 0.29) is 11.8 Å². The Balaban J connectivity index is 1.31. The Morgan fingerprint density at radius 3 is 2.50 bits per heavy atom. The highest BCUT2D eigenvalue weighted by molar-refractivity contribution is 7.14. The minimum absolute atomic E-state index is 0.00589. The van der Waals surface area contributed by atoms with Gasteiger partial charge in [-0.2, -0.15) is 0 Å². The summed E-state index contributed by atoms with van der Waals surface area (Å²) in [6.45, 7) is 2.20. The Morgan fingerprint density at radius 2 is 1.79 bits per heavy atom. The second-order valence-corrected chi connectivity index (χ2v) is 8.45. The van der Waals surface area contributed by atoms with Gasteiger partial charge in [-0.1, -0.05) is 24.3 Å². The van der Waals surface area contributed by atoms with Crippen molar-refractivity contribution >= 4 is 28.3 Å². The second-order valence-electron chi connectivity index (χ2n) is 7.59. The molecule has 0 aliphatic heterocycles. The molecule has 172 valence electrons. The minimum atomic E-state index is -0.233. The van der Waals surface area contributed by atoms with Crippen LogP contribution >= 0.6 is 11.3 Å². The highest BCUT2D eigenvalue weighted by atomic mass is 32.1. The number of nitrogens with zero attached hydrogens (tertiary/aromatic N) is 2. The van der Waals surface area contributed by atoms with Gasteiger partial charge in [0.25, 0.3) is 5.91 Å². The first-order valence-electron chi connectivity index (χ1n) is 10.9. The van der Waals surface area contributed by atoms with Gasteiger partial charge in [0.1, 0.15) is 11.5 Å². The van der Waals surface area contributed by atoms with Crippen LogP contribution in [-0.2, 0) is 11.2 Å². The molecular formula is C26H24N4O3S. The van der Waals surface area contributed by atoms with Crippen LogP contribution in [0.2, 0.25) is 0 Å². The number of benzene rings is 2. The van der Waals surface area contributed by atoms with Crippen molar-refractivity contribution in [2.45, 2.75) is 19.8 Å². The molecule has 0 bridgehead atoms. The Bertz CT molecular complexity index is 1240. The maximum absolute atomic E-state index is 12.6. The van der Waals surface area contributed by atoms with Crippen molar-refractivity contribution in [2.75, 3.05) is 11.9 Å². The van der Waals surface area contributed by atoms with Gasteiger partial charge in [-0.05, 0) is 54.8 Å². The minimum Gasteiger partial charge on any atom is -0.456 e. The van der Waals surface area contributed by atoms with Crippen molar-refractivity contribution < 1.29 is 14.3 Å². The molecular weight excluding hydrogens is 448 g/mol. The van der Waals surface area contributed by atoms with E-state index in [1.807, 2.05) is 23.6 Å². The number of ether oxygens (including phenoxy) is 1. The topological polar surface area (TPSA) is 93.2 Å². The first-order chi connectivity index (χ1) is 16.6. The number of amides is 2. The zero-order valence-corrected chi connectivity index (χ0v) is 19.5. The quantitative estimate of drug-likeness (QED) is 0.322. The molecule has 0 aliphatic carbocycles. The van der Waals surface area contributed by atoms with Gasteiger partial charge in [0, 0.05) is 36.2 Å². The standard InChI is InChI=1S/C26H24N4O3S/c1-18(31)28-15-2-4-19-6-8-20(9-7-19)24-17-34-26(29-24)30-25(32)21-10-12-22(13-11-21)33-23-5-3-14-27-16-23/h3,5-14,16-17H,2,4,15H2,1H3,(H,28,31)(H,29,30,32). The summed E-state index contributed by atoms with van der Waals surface area (Å²) < 4.78 is 5.71. The highest BCUT2D eigenvalue weighted by Crippen LogP contribution is 2.26. The third-order valence-corrected chi connectivity index (χ3v) is 5.73. The van der Waals surface area contributed by atoms with Crippen LogP contribution < -0.4 is 15.4 Å². The van der Waals surface area contributed by atoms with E-state index in [1.165, 1.54) is 23.8 Å². The molecule has 2 amide bonds. The van der Waals surface area contributed by atoms with Crippen LogP contribution in [0.5, 0.6) is 11.5 Å². The molecule has 0 fully saturated rings. The molecule has 34 heavy (non-hydrogen) atoms. The van der Waals surface area contributed by atoms with E-state index in [4.69, 9.17) is 4.74 Å². The number of hydrogen-bond donors (Lipinski definition) is 2. The monoisotopic (exact) mass is 472 g/mol. The number of aromatic nitrogens is 2. The number of carbonyl (C=O) groups is 2. The lowest BCUT2D eigenvalue weighted by Gasteiger charge is -2.06. The number of hydrogen-bond acceptors (Lipinski definition) is 6. The molecule has 0 radical (unpaired) electrons. The molecule has 8 heteroatoms. The van der Waals surface area contributed by atoms with E-state index >= 15 is 0 Å². The Morgan fingerprint density at radius 1 is 1.00 bits per heavy atom. The zero-order chi connectivity index (χ0) is 23.8. The number of nitrogens with one attached hydrogen (secondary N) is 2. The van der Waals surface area contributed by atoms with Crippen molar-refractivity contribution in [2.24, 2.45) is 0 Å². The van der Waals surface area contributed by atoms with E-state index in [0.29, 0.717) is 28.7 Å². The maximum Gasteiger partial charge on any atom is 0.257 e. The van der Waals surface area contributed by atoms with Gasteiger partial charge in [0.15, 0.2) is 5.13 Å². The van der Waals surface area contributed by atoms with E-state index in [1.54, 1.807) is 42.7 Å². The summed E-state index contributed by atoms with van der Waals surface area (Å²) in [5.41, 5.74) is 3.51. The summed E-state index contributed by atoms with van der Waals surface area (Å²) in [5, 5.41) is 8.12. The second kappa shape index (κ2) is 11.2.